The van der Waals surface area contributed by atoms with Crippen molar-refractivity contribution in [2.24, 2.45) is 0 Å². The molecule has 1 atom stereocenters. The topological polar surface area (TPSA) is 75.6 Å². The minimum atomic E-state index is -1.10. The number of amides is 1. The van der Waals surface area contributed by atoms with Crippen LogP contribution in [-0.2, 0) is 15.3 Å². The van der Waals surface area contributed by atoms with Crippen LogP contribution in [0.1, 0.15) is 40.2 Å². The predicted molar refractivity (Wildman–Crippen MR) is 113 cm³/mol. The molecule has 0 aliphatic heterocycles. The molecule has 1 aromatic heterocycles. The minimum Gasteiger partial charge on any atom is -0.480 e. The van der Waals surface area contributed by atoms with Crippen LogP contribution in [0.15, 0.2) is 23.6 Å². The van der Waals surface area contributed by atoms with Crippen molar-refractivity contribution in [3.63, 3.8) is 0 Å². The van der Waals surface area contributed by atoms with Crippen molar-refractivity contribution in [1.29, 1.82) is 0 Å². The van der Waals surface area contributed by atoms with Gasteiger partial charge in [0.15, 0.2) is 0 Å². The van der Waals surface area contributed by atoms with Gasteiger partial charge in [-0.2, -0.15) is 0 Å². The minimum absolute atomic E-state index is 0.604. The lowest BCUT2D eigenvalue weighted by Crippen LogP contribution is -2.53. The van der Waals surface area contributed by atoms with E-state index in [4.69, 9.17) is 16.3 Å². The highest BCUT2D eigenvalue weighted by Crippen LogP contribution is 2.36. The molecule has 0 radical (unpaired) electrons. The Hall–Kier alpha value is -1.44. The van der Waals surface area contributed by atoms with E-state index in [0.29, 0.717) is 10.8 Å². The summed E-state index contributed by atoms with van der Waals surface area (Å²) in [5, 5.41) is 15.9. The van der Waals surface area contributed by atoms with E-state index >= 15 is 0 Å². The third-order valence-corrected chi connectivity index (χ3v) is 6.50. The van der Waals surface area contributed by atoms with E-state index in [1.54, 1.807) is 46.0 Å². The molecule has 2 rings (SSSR count). The quantitative estimate of drug-likeness (QED) is 0.630. The number of hydrogen-bond acceptors (Lipinski definition) is 5. The molecular formula is C19H24ClNO4S2. The van der Waals surface area contributed by atoms with Gasteiger partial charge in [-0.15, -0.1) is 23.1 Å². The second-order valence-electron chi connectivity index (χ2n) is 7.71. The second kappa shape index (κ2) is 8.29. The number of carbonyl (C=O) groups excluding carboxylic acids is 1. The van der Waals surface area contributed by atoms with Gasteiger partial charge < -0.3 is 15.2 Å². The summed E-state index contributed by atoms with van der Waals surface area (Å²) in [6.07, 6.45) is -0.740. The number of nitrogens with one attached hydrogen (secondary N) is 1. The average molecular weight is 430 g/mol. The van der Waals surface area contributed by atoms with Gasteiger partial charge in [0.05, 0.1) is 0 Å². The maximum Gasteiger partial charge on any atom is 0.408 e. The molecule has 0 bridgehead atoms. The van der Waals surface area contributed by atoms with E-state index in [2.05, 4.69) is 10.7 Å². The number of fused-ring (bicyclic) bond motifs is 1. The van der Waals surface area contributed by atoms with Crippen molar-refractivity contribution < 1.29 is 19.4 Å². The summed E-state index contributed by atoms with van der Waals surface area (Å²) in [4.78, 5) is 23.8. The Morgan fingerprint density at radius 3 is 2.56 bits per heavy atom. The number of alkyl carbamates (subject to hydrolysis) is 1. The number of thioether (sulfide) groups is 1. The molecule has 1 aromatic carbocycles. The summed E-state index contributed by atoms with van der Waals surface area (Å²) in [5.74, 6) is -0.496. The Morgan fingerprint density at radius 1 is 1.30 bits per heavy atom. The zero-order valence-electron chi connectivity index (χ0n) is 16.0. The molecule has 1 amide bonds. The summed E-state index contributed by atoms with van der Waals surface area (Å²) < 4.78 is 5.58. The number of hydrogen-bond donors (Lipinski definition) is 2. The fraction of sp³-hybridized carbons (Fsp3) is 0.474. The SMILES string of the molecule is CC(C)(C)OC(=O)N[C@H](C(=O)O)C(C)(C)SCc1csc2ccc(Cl)cc12. The van der Waals surface area contributed by atoms with Crippen molar-refractivity contribution in [1.82, 2.24) is 5.32 Å². The van der Waals surface area contributed by atoms with Crippen molar-refractivity contribution in [3.8, 4) is 0 Å². The highest BCUT2D eigenvalue weighted by atomic mass is 35.5. The number of benzene rings is 1. The van der Waals surface area contributed by atoms with E-state index in [-0.39, 0.29) is 0 Å². The number of ether oxygens (including phenoxy) is 1. The van der Waals surface area contributed by atoms with Gasteiger partial charge in [0.1, 0.15) is 11.6 Å². The van der Waals surface area contributed by atoms with Gasteiger partial charge in [-0.25, -0.2) is 9.59 Å². The highest BCUT2D eigenvalue weighted by Gasteiger charge is 2.38. The van der Waals surface area contributed by atoms with Gasteiger partial charge in [-0.3, -0.25) is 0 Å². The number of aliphatic carboxylic acids is 1. The molecule has 148 valence electrons. The van der Waals surface area contributed by atoms with Crippen LogP contribution in [-0.4, -0.2) is 33.6 Å². The average Bonchev–Trinajstić information content (AvgIpc) is 2.91. The molecule has 0 saturated carbocycles. The van der Waals surface area contributed by atoms with E-state index in [1.165, 1.54) is 11.8 Å². The number of carboxylic acid groups (broad SMARTS) is 1. The second-order valence-corrected chi connectivity index (χ2v) is 10.7. The molecule has 8 heteroatoms. The number of rotatable bonds is 6. The lowest BCUT2D eigenvalue weighted by Gasteiger charge is -2.32. The molecule has 0 saturated heterocycles. The number of carbonyl (C=O) groups is 2. The maximum atomic E-state index is 12.0. The Kier molecular flexibility index (Phi) is 6.71. The third-order valence-electron chi connectivity index (χ3n) is 3.82. The van der Waals surface area contributed by atoms with Crippen LogP contribution in [0, 0.1) is 0 Å². The summed E-state index contributed by atoms with van der Waals surface area (Å²) >= 11 is 9.19. The van der Waals surface area contributed by atoms with Gasteiger partial charge in [0.2, 0.25) is 0 Å². The van der Waals surface area contributed by atoms with Crippen molar-refractivity contribution in [2.75, 3.05) is 0 Å². The summed E-state index contributed by atoms with van der Waals surface area (Å²) in [6.45, 7) is 8.80. The van der Waals surface area contributed by atoms with Crippen molar-refractivity contribution in [2.45, 2.75) is 56.8 Å². The van der Waals surface area contributed by atoms with Crippen LogP contribution in [0.25, 0.3) is 10.1 Å². The molecule has 27 heavy (non-hydrogen) atoms. The number of thiophene rings is 1. The Bertz CT molecular complexity index is 842. The van der Waals surface area contributed by atoms with E-state index in [1.807, 2.05) is 18.2 Å². The standard InChI is InChI=1S/C19H24ClNO4S2/c1-18(2,3)25-17(24)21-15(16(22)23)19(4,5)27-10-11-9-26-14-7-6-12(20)8-13(11)14/h6-9,15H,10H2,1-5H3,(H,21,24)(H,22,23)/t15-/m1/s1. The zero-order chi connectivity index (χ0) is 20.4. The first-order valence-corrected chi connectivity index (χ1v) is 10.7. The molecule has 0 unspecified atom stereocenters. The summed E-state index contributed by atoms with van der Waals surface area (Å²) in [6, 6.07) is 4.66. The lowest BCUT2D eigenvalue weighted by atomic mass is 10.0. The van der Waals surface area contributed by atoms with Crippen molar-refractivity contribution in [3.05, 3.63) is 34.2 Å². The van der Waals surface area contributed by atoms with Crippen LogP contribution in [0.2, 0.25) is 5.02 Å². The molecule has 2 aromatic rings. The van der Waals surface area contributed by atoms with Crippen molar-refractivity contribution >= 4 is 56.8 Å². The van der Waals surface area contributed by atoms with E-state index < -0.39 is 28.5 Å². The van der Waals surface area contributed by atoms with Crippen LogP contribution in [0.4, 0.5) is 4.79 Å². The van der Waals surface area contributed by atoms with Gasteiger partial charge in [-0.1, -0.05) is 11.6 Å². The van der Waals surface area contributed by atoms with Gasteiger partial charge in [-0.05, 0) is 69.1 Å². The Balaban J connectivity index is 2.12. The smallest absolute Gasteiger partial charge is 0.408 e. The molecule has 0 spiro atoms. The highest BCUT2D eigenvalue weighted by molar-refractivity contribution is 8.00. The van der Waals surface area contributed by atoms with Crippen LogP contribution in [0.5, 0.6) is 0 Å². The fourth-order valence-corrected chi connectivity index (χ4v) is 4.78. The first-order chi connectivity index (χ1) is 12.4. The van der Waals surface area contributed by atoms with Crippen LogP contribution in [0.3, 0.4) is 0 Å². The Morgan fingerprint density at radius 2 is 1.96 bits per heavy atom. The normalized spacial score (nSPS) is 13.4. The fourth-order valence-electron chi connectivity index (χ4n) is 2.47. The monoisotopic (exact) mass is 429 g/mol. The lowest BCUT2D eigenvalue weighted by molar-refractivity contribution is -0.140. The summed E-state index contributed by atoms with van der Waals surface area (Å²) in [7, 11) is 0. The maximum absolute atomic E-state index is 12.0. The first kappa shape index (κ1) is 21.9. The zero-order valence-corrected chi connectivity index (χ0v) is 18.3. The first-order valence-electron chi connectivity index (χ1n) is 8.41. The summed E-state index contributed by atoms with van der Waals surface area (Å²) in [5.41, 5.74) is 0.399. The van der Waals surface area contributed by atoms with Crippen LogP contribution >= 0.6 is 34.7 Å². The predicted octanol–water partition coefficient (Wildman–Crippen LogP) is 5.54. The number of halogens is 1. The number of carboxylic acids is 1. The van der Waals surface area contributed by atoms with Gasteiger partial charge in [0.25, 0.3) is 0 Å². The third kappa shape index (κ3) is 6.02. The molecular weight excluding hydrogens is 406 g/mol. The van der Waals surface area contributed by atoms with Gasteiger partial charge >= 0.3 is 12.1 Å². The molecule has 0 aliphatic rings. The van der Waals surface area contributed by atoms with E-state index in [0.717, 1.165) is 15.6 Å². The van der Waals surface area contributed by atoms with E-state index in [9.17, 15) is 14.7 Å². The largest absolute Gasteiger partial charge is 0.480 e. The Labute approximate surface area is 172 Å². The molecule has 0 fully saturated rings. The molecule has 0 aliphatic carbocycles. The van der Waals surface area contributed by atoms with Gasteiger partial charge in [0, 0.05) is 20.2 Å². The molecule has 5 nitrogen and oxygen atoms in total. The molecule has 1 heterocycles. The molecule has 2 N–H and O–H groups in total. The van der Waals surface area contributed by atoms with Crippen LogP contribution < -0.4 is 5.32 Å².